The number of ether oxygens (including phenoxy) is 2. The molecule has 0 heterocycles. The van der Waals surface area contributed by atoms with E-state index in [9.17, 15) is 4.79 Å². The van der Waals surface area contributed by atoms with Gasteiger partial charge in [-0.2, -0.15) is 0 Å². The largest absolute Gasteiger partial charge is 0.381 e. The summed E-state index contributed by atoms with van der Waals surface area (Å²) in [7, 11) is 0. The van der Waals surface area contributed by atoms with E-state index in [4.69, 9.17) is 9.47 Å². The minimum absolute atomic E-state index is 0.132. The summed E-state index contributed by atoms with van der Waals surface area (Å²) in [6.45, 7) is 8.35. The van der Waals surface area contributed by atoms with Crippen LogP contribution in [0, 0.1) is 0 Å². The number of carbonyl (C=O) groups excluding carboxylic acids is 1. The van der Waals surface area contributed by atoms with Crippen LogP contribution in [-0.2, 0) is 9.47 Å². The van der Waals surface area contributed by atoms with Crippen LogP contribution in [0.15, 0.2) is 0 Å². The van der Waals surface area contributed by atoms with Crippen molar-refractivity contribution in [2.45, 2.75) is 46.0 Å². The number of rotatable bonds is 13. The molecule has 114 valence electrons. The second-order valence-electron chi connectivity index (χ2n) is 4.47. The Morgan fingerprint density at radius 3 is 1.95 bits per heavy atom. The maximum Gasteiger partial charge on any atom is 0.314 e. The van der Waals surface area contributed by atoms with Crippen molar-refractivity contribution in [2.75, 3.05) is 39.5 Å². The first-order valence-corrected chi connectivity index (χ1v) is 7.48. The predicted molar refractivity (Wildman–Crippen MR) is 77.5 cm³/mol. The van der Waals surface area contributed by atoms with Crippen molar-refractivity contribution in [1.29, 1.82) is 0 Å². The molecule has 0 aliphatic carbocycles. The van der Waals surface area contributed by atoms with Gasteiger partial charge in [0.25, 0.3) is 0 Å². The molecule has 0 atom stereocenters. The van der Waals surface area contributed by atoms with E-state index in [1.807, 2.05) is 0 Å². The number of hydrogen-bond acceptors (Lipinski definition) is 3. The summed E-state index contributed by atoms with van der Waals surface area (Å²) in [6, 6.07) is -0.132. The van der Waals surface area contributed by atoms with Crippen molar-refractivity contribution in [2.24, 2.45) is 0 Å². The topological polar surface area (TPSA) is 59.6 Å². The van der Waals surface area contributed by atoms with Gasteiger partial charge in [-0.15, -0.1) is 0 Å². The van der Waals surface area contributed by atoms with Gasteiger partial charge in [-0.1, -0.05) is 26.7 Å². The van der Waals surface area contributed by atoms with E-state index in [0.717, 1.165) is 45.3 Å². The summed E-state index contributed by atoms with van der Waals surface area (Å²) >= 11 is 0. The fraction of sp³-hybridized carbons (Fsp3) is 0.929. The van der Waals surface area contributed by atoms with Crippen LogP contribution in [0.3, 0.4) is 0 Å². The smallest absolute Gasteiger partial charge is 0.314 e. The third-order valence-electron chi connectivity index (χ3n) is 2.57. The molecule has 5 nitrogen and oxygen atoms in total. The van der Waals surface area contributed by atoms with Crippen molar-refractivity contribution in [3.8, 4) is 0 Å². The maximum absolute atomic E-state index is 11.3. The highest BCUT2D eigenvalue weighted by Gasteiger charge is 1.98. The van der Waals surface area contributed by atoms with Gasteiger partial charge in [0.15, 0.2) is 0 Å². The molecular weight excluding hydrogens is 244 g/mol. The third kappa shape index (κ3) is 15.1. The molecule has 0 bridgehead atoms. The van der Waals surface area contributed by atoms with E-state index in [2.05, 4.69) is 24.5 Å². The summed E-state index contributed by atoms with van der Waals surface area (Å²) in [5.74, 6) is 0. The number of unbranched alkanes of at least 4 members (excludes halogenated alkanes) is 2. The first-order valence-electron chi connectivity index (χ1n) is 7.48. The van der Waals surface area contributed by atoms with Gasteiger partial charge in [0.1, 0.15) is 0 Å². The van der Waals surface area contributed by atoms with Crippen molar-refractivity contribution >= 4 is 6.03 Å². The van der Waals surface area contributed by atoms with E-state index in [1.54, 1.807) is 0 Å². The molecule has 0 aromatic carbocycles. The first kappa shape index (κ1) is 18.2. The SMILES string of the molecule is CCCCOCCCNC(=O)NCCOCCCC. The van der Waals surface area contributed by atoms with Gasteiger partial charge in [0.05, 0.1) is 6.61 Å². The van der Waals surface area contributed by atoms with Gasteiger partial charge in [-0.3, -0.25) is 0 Å². The monoisotopic (exact) mass is 274 g/mol. The average Bonchev–Trinajstić information content (AvgIpc) is 2.41. The Kier molecular flexibility index (Phi) is 14.6. The fourth-order valence-corrected chi connectivity index (χ4v) is 1.37. The Morgan fingerprint density at radius 2 is 1.32 bits per heavy atom. The van der Waals surface area contributed by atoms with Crippen LogP contribution in [0.2, 0.25) is 0 Å². The van der Waals surface area contributed by atoms with Gasteiger partial charge < -0.3 is 20.1 Å². The van der Waals surface area contributed by atoms with Crippen LogP contribution >= 0.6 is 0 Å². The number of carbonyl (C=O) groups is 1. The van der Waals surface area contributed by atoms with Crippen LogP contribution in [0.25, 0.3) is 0 Å². The lowest BCUT2D eigenvalue weighted by Gasteiger charge is -2.08. The molecule has 0 fully saturated rings. The van der Waals surface area contributed by atoms with Crippen molar-refractivity contribution in [3.63, 3.8) is 0 Å². The average molecular weight is 274 g/mol. The Labute approximate surface area is 117 Å². The Bertz CT molecular complexity index is 201. The second-order valence-corrected chi connectivity index (χ2v) is 4.47. The van der Waals surface area contributed by atoms with E-state index in [-0.39, 0.29) is 6.03 Å². The van der Waals surface area contributed by atoms with E-state index in [1.165, 1.54) is 0 Å². The number of urea groups is 1. The second kappa shape index (κ2) is 15.2. The van der Waals surface area contributed by atoms with Crippen molar-refractivity contribution < 1.29 is 14.3 Å². The summed E-state index contributed by atoms with van der Waals surface area (Å²) < 4.78 is 10.7. The maximum atomic E-state index is 11.3. The molecular formula is C14H30N2O3. The molecule has 0 saturated carbocycles. The molecule has 19 heavy (non-hydrogen) atoms. The standard InChI is InChI=1S/C14H30N2O3/c1-3-5-10-18-12-7-8-15-14(17)16-9-13-19-11-6-4-2/h3-13H2,1-2H3,(H2,15,16,17). The third-order valence-corrected chi connectivity index (χ3v) is 2.57. The van der Waals surface area contributed by atoms with Gasteiger partial charge in [-0.25, -0.2) is 4.79 Å². The summed E-state index contributed by atoms with van der Waals surface area (Å²) in [5, 5.41) is 5.54. The molecule has 0 saturated heterocycles. The van der Waals surface area contributed by atoms with Crippen LogP contribution in [0.5, 0.6) is 0 Å². The highest BCUT2D eigenvalue weighted by Crippen LogP contribution is 1.89. The minimum Gasteiger partial charge on any atom is -0.381 e. The minimum atomic E-state index is -0.132. The first-order chi connectivity index (χ1) is 9.31. The lowest BCUT2D eigenvalue weighted by molar-refractivity contribution is 0.128. The molecule has 2 N–H and O–H groups in total. The lowest BCUT2D eigenvalue weighted by atomic mass is 10.4. The molecule has 0 aliphatic heterocycles. The van der Waals surface area contributed by atoms with Crippen molar-refractivity contribution in [3.05, 3.63) is 0 Å². The van der Waals surface area contributed by atoms with E-state index in [0.29, 0.717) is 26.3 Å². The quantitative estimate of drug-likeness (QED) is 0.507. The molecule has 5 heteroatoms. The van der Waals surface area contributed by atoms with Gasteiger partial charge in [-0.05, 0) is 19.3 Å². The zero-order valence-electron chi connectivity index (χ0n) is 12.5. The fourth-order valence-electron chi connectivity index (χ4n) is 1.37. The van der Waals surface area contributed by atoms with Gasteiger partial charge >= 0.3 is 6.03 Å². The Balaban J connectivity index is 3.13. The lowest BCUT2D eigenvalue weighted by Crippen LogP contribution is -2.38. The number of hydrogen-bond donors (Lipinski definition) is 2. The summed E-state index contributed by atoms with van der Waals surface area (Å²) in [4.78, 5) is 11.3. The summed E-state index contributed by atoms with van der Waals surface area (Å²) in [6.07, 6.45) is 5.32. The normalized spacial score (nSPS) is 10.4. The molecule has 0 unspecified atom stereocenters. The predicted octanol–water partition coefficient (Wildman–Crippen LogP) is 2.31. The molecule has 0 rings (SSSR count). The molecule has 0 aromatic heterocycles. The highest BCUT2D eigenvalue weighted by atomic mass is 16.5. The van der Waals surface area contributed by atoms with E-state index >= 15 is 0 Å². The van der Waals surface area contributed by atoms with Crippen LogP contribution in [-0.4, -0.2) is 45.5 Å². The zero-order chi connectivity index (χ0) is 14.2. The van der Waals surface area contributed by atoms with Crippen LogP contribution in [0.1, 0.15) is 46.0 Å². The van der Waals surface area contributed by atoms with Crippen molar-refractivity contribution in [1.82, 2.24) is 10.6 Å². The molecule has 2 amide bonds. The Morgan fingerprint density at radius 1 is 0.789 bits per heavy atom. The molecule has 0 radical (unpaired) electrons. The van der Waals surface area contributed by atoms with E-state index < -0.39 is 0 Å². The molecule has 0 aliphatic rings. The zero-order valence-corrected chi connectivity index (χ0v) is 12.5. The van der Waals surface area contributed by atoms with Gasteiger partial charge in [0, 0.05) is 32.9 Å². The highest BCUT2D eigenvalue weighted by molar-refractivity contribution is 5.73. The molecule has 0 aromatic rings. The summed E-state index contributed by atoms with van der Waals surface area (Å²) in [5.41, 5.74) is 0. The number of nitrogens with one attached hydrogen (secondary N) is 2. The van der Waals surface area contributed by atoms with Crippen LogP contribution in [0.4, 0.5) is 4.79 Å². The van der Waals surface area contributed by atoms with Gasteiger partial charge in [0.2, 0.25) is 0 Å². The van der Waals surface area contributed by atoms with Crippen LogP contribution < -0.4 is 10.6 Å². The molecule has 0 spiro atoms. The Hall–Kier alpha value is -0.810. The number of amides is 2.